The van der Waals surface area contributed by atoms with Crippen LogP contribution in [0.3, 0.4) is 0 Å². The zero-order chi connectivity index (χ0) is 19.5. The van der Waals surface area contributed by atoms with Gasteiger partial charge in [0.15, 0.2) is 9.84 Å². The van der Waals surface area contributed by atoms with Gasteiger partial charge in [-0.05, 0) is 37.6 Å². The first-order valence-electron chi connectivity index (χ1n) is 8.19. The lowest BCUT2D eigenvalue weighted by atomic mass is 10.1. The summed E-state index contributed by atoms with van der Waals surface area (Å²) in [5.41, 5.74) is 1.22. The molecule has 0 bridgehead atoms. The second-order valence-electron chi connectivity index (χ2n) is 6.32. The lowest BCUT2D eigenvalue weighted by Crippen LogP contribution is -2.40. The van der Waals surface area contributed by atoms with Crippen LogP contribution in [0, 0.1) is 5.82 Å². The lowest BCUT2D eigenvalue weighted by Gasteiger charge is -2.27. The SMILES string of the molecule is C[C@H](NC(=O)N(C)[C@H](C)c1ccc(S(C)(=O)=O)cc1)c1ccccc1F. The summed E-state index contributed by atoms with van der Waals surface area (Å²) in [5, 5.41) is 2.77. The van der Waals surface area contributed by atoms with E-state index in [1.807, 2.05) is 6.92 Å². The molecule has 0 saturated carbocycles. The molecule has 0 heterocycles. The minimum absolute atomic E-state index is 0.230. The molecule has 0 aliphatic heterocycles. The molecule has 0 aliphatic carbocycles. The number of halogens is 1. The zero-order valence-electron chi connectivity index (χ0n) is 15.2. The van der Waals surface area contributed by atoms with Gasteiger partial charge in [0.25, 0.3) is 0 Å². The summed E-state index contributed by atoms with van der Waals surface area (Å²) in [5.74, 6) is -0.368. The quantitative estimate of drug-likeness (QED) is 0.863. The second kappa shape index (κ2) is 7.86. The summed E-state index contributed by atoms with van der Waals surface area (Å²) in [6.07, 6.45) is 1.15. The molecule has 5 nitrogen and oxygen atoms in total. The largest absolute Gasteiger partial charge is 0.331 e. The van der Waals surface area contributed by atoms with Gasteiger partial charge in [-0.3, -0.25) is 0 Å². The highest BCUT2D eigenvalue weighted by atomic mass is 32.2. The highest BCUT2D eigenvalue weighted by molar-refractivity contribution is 7.90. The van der Waals surface area contributed by atoms with Crippen LogP contribution < -0.4 is 5.32 Å². The van der Waals surface area contributed by atoms with Crippen LogP contribution in [-0.4, -0.2) is 32.7 Å². The van der Waals surface area contributed by atoms with Gasteiger partial charge in [-0.15, -0.1) is 0 Å². The molecule has 2 aromatic rings. The molecule has 0 aromatic heterocycles. The van der Waals surface area contributed by atoms with Gasteiger partial charge < -0.3 is 10.2 Å². The Morgan fingerprint density at radius 3 is 2.19 bits per heavy atom. The Hall–Kier alpha value is -2.41. The maximum atomic E-state index is 13.8. The van der Waals surface area contributed by atoms with Crippen LogP contribution in [0.5, 0.6) is 0 Å². The molecule has 0 saturated heterocycles. The minimum atomic E-state index is -3.26. The molecular weight excluding hydrogens is 355 g/mol. The Bertz CT molecular complexity index is 882. The highest BCUT2D eigenvalue weighted by Gasteiger charge is 2.21. The first-order chi connectivity index (χ1) is 12.1. The van der Waals surface area contributed by atoms with Crippen molar-refractivity contribution in [2.24, 2.45) is 0 Å². The molecule has 2 aromatic carbocycles. The van der Waals surface area contributed by atoms with E-state index in [1.54, 1.807) is 44.3 Å². The van der Waals surface area contributed by atoms with E-state index < -0.39 is 15.9 Å². The molecule has 0 aliphatic rings. The number of nitrogens with one attached hydrogen (secondary N) is 1. The van der Waals surface area contributed by atoms with Crippen molar-refractivity contribution >= 4 is 15.9 Å². The number of hydrogen-bond donors (Lipinski definition) is 1. The fraction of sp³-hybridized carbons (Fsp3) is 0.316. The molecule has 0 fully saturated rings. The predicted molar refractivity (Wildman–Crippen MR) is 99.1 cm³/mol. The molecule has 2 atom stereocenters. The summed E-state index contributed by atoms with van der Waals surface area (Å²) in [6, 6.07) is 11.6. The van der Waals surface area contributed by atoms with Crippen LogP contribution in [0.2, 0.25) is 0 Å². The molecule has 2 amide bonds. The predicted octanol–water partition coefficient (Wildman–Crippen LogP) is 3.69. The van der Waals surface area contributed by atoms with Gasteiger partial charge >= 0.3 is 6.03 Å². The Balaban J connectivity index is 2.08. The van der Waals surface area contributed by atoms with Crippen LogP contribution in [0.25, 0.3) is 0 Å². The van der Waals surface area contributed by atoms with Gasteiger partial charge in [0, 0.05) is 18.9 Å². The maximum Gasteiger partial charge on any atom is 0.318 e. The standard InChI is InChI=1S/C19H23FN2O3S/c1-13(17-7-5-6-8-18(17)20)21-19(23)22(3)14(2)15-9-11-16(12-10-15)26(4,24)25/h5-14H,1-4H3,(H,21,23)/t13-,14+/m0/s1. The van der Waals surface area contributed by atoms with Crippen molar-refractivity contribution in [2.45, 2.75) is 30.8 Å². The van der Waals surface area contributed by atoms with Crippen molar-refractivity contribution in [3.63, 3.8) is 0 Å². The minimum Gasteiger partial charge on any atom is -0.331 e. The molecule has 0 unspecified atom stereocenters. The number of nitrogens with zero attached hydrogens (tertiary/aromatic N) is 1. The lowest BCUT2D eigenvalue weighted by molar-refractivity contribution is 0.191. The number of sulfone groups is 1. The Morgan fingerprint density at radius 1 is 1.08 bits per heavy atom. The molecule has 26 heavy (non-hydrogen) atoms. The third kappa shape index (κ3) is 4.60. The molecule has 1 N–H and O–H groups in total. The second-order valence-corrected chi connectivity index (χ2v) is 8.34. The third-order valence-electron chi connectivity index (χ3n) is 4.40. The Labute approximate surface area is 153 Å². The molecular formula is C19H23FN2O3S. The molecule has 0 radical (unpaired) electrons. The van der Waals surface area contributed by atoms with Gasteiger partial charge in [-0.1, -0.05) is 30.3 Å². The maximum absolute atomic E-state index is 13.8. The number of carbonyl (C=O) groups excluding carboxylic acids is 1. The van der Waals surface area contributed by atoms with E-state index in [0.29, 0.717) is 5.56 Å². The monoisotopic (exact) mass is 378 g/mol. The van der Waals surface area contributed by atoms with E-state index in [-0.39, 0.29) is 22.8 Å². The number of benzene rings is 2. The van der Waals surface area contributed by atoms with E-state index in [9.17, 15) is 17.6 Å². The van der Waals surface area contributed by atoms with Crippen LogP contribution in [0.4, 0.5) is 9.18 Å². The summed E-state index contributed by atoms with van der Waals surface area (Å²) >= 11 is 0. The molecule has 140 valence electrons. The number of carbonyl (C=O) groups is 1. The van der Waals surface area contributed by atoms with Gasteiger partial charge in [-0.25, -0.2) is 17.6 Å². The number of rotatable bonds is 5. The van der Waals surface area contributed by atoms with Crippen molar-refractivity contribution in [3.05, 3.63) is 65.5 Å². The Morgan fingerprint density at radius 2 is 1.65 bits per heavy atom. The summed E-state index contributed by atoms with van der Waals surface area (Å²) in [6.45, 7) is 3.55. The van der Waals surface area contributed by atoms with E-state index in [0.717, 1.165) is 11.8 Å². The van der Waals surface area contributed by atoms with Gasteiger partial charge in [0.1, 0.15) is 5.82 Å². The first-order valence-corrected chi connectivity index (χ1v) is 10.1. The molecule has 2 rings (SSSR count). The summed E-state index contributed by atoms with van der Waals surface area (Å²) in [7, 11) is -1.62. The zero-order valence-corrected chi connectivity index (χ0v) is 16.0. The van der Waals surface area contributed by atoms with Crippen LogP contribution in [0.1, 0.15) is 37.1 Å². The average molecular weight is 378 g/mol. The summed E-state index contributed by atoms with van der Waals surface area (Å²) < 4.78 is 36.9. The van der Waals surface area contributed by atoms with E-state index in [2.05, 4.69) is 5.32 Å². The number of hydrogen-bond acceptors (Lipinski definition) is 3. The topological polar surface area (TPSA) is 66.5 Å². The van der Waals surface area contributed by atoms with Crippen molar-refractivity contribution < 1.29 is 17.6 Å². The van der Waals surface area contributed by atoms with Crippen LogP contribution in [0.15, 0.2) is 53.4 Å². The van der Waals surface area contributed by atoms with E-state index in [4.69, 9.17) is 0 Å². The van der Waals surface area contributed by atoms with Crippen molar-refractivity contribution in [2.75, 3.05) is 13.3 Å². The van der Waals surface area contributed by atoms with Crippen molar-refractivity contribution in [1.82, 2.24) is 10.2 Å². The molecule has 7 heteroatoms. The van der Waals surface area contributed by atoms with Crippen LogP contribution >= 0.6 is 0 Å². The van der Waals surface area contributed by atoms with Crippen molar-refractivity contribution in [1.29, 1.82) is 0 Å². The highest BCUT2D eigenvalue weighted by Crippen LogP contribution is 2.22. The number of amides is 2. The van der Waals surface area contributed by atoms with Crippen LogP contribution in [-0.2, 0) is 9.84 Å². The molecule has 0 spiro atoms. The normalized spacial score (nSPS) is 13.7. The Kier molecular flexibility index (Phi) is 6.02. The average Bonchev–Trinajstić information content (AvgIpc) is 2.60. The van der Waals surface area contributed by atoms with E-state index in [1.165, 1.54) is 23.1 Å². The first kappa shape index (κ1) is 19.9. The van der Waals surface area contributed by atoms with Gasteiger partial charge in [-0.2, -0.15) is 0 Å². The van der Waals surface area contributed by atoms with Crippen molar-refractivity contribution in [3.8, 4) is 0 Å². The third-order valence-corrected chi connectivity index (χ3v) is 5.53. The van der Waals surface area contributed by atoms with E-state index >= 15 is 0 Å². The number of urea groups is 1. The fourth-order valence-corrected chi connectivity index (χ4v) is 3.21. The smallest absolute Gasteiger partial charge is 0.318 e. The summed E-state index contributed by atoms with van der Waals surface area (Å²) in [4.78, 5) is 14.2. The fourth-order valence-electron chi connectivity index (χ4n) is 2.58. The van der Waals surface area contributed by atoms with Gasteiger partial charge in [0.2, 0.25) is 0 Å². The van der Waals surface area contributed by atoms with Gasteiger partial charge in [0.05, 0.1) is 17.0 Å².